The SMILES string of the molecule is Cn1cc(NC(=O)C2CCC(C(=O)O)O2)ccc1=O. The number of amides is 1. The Morgan fingerprint density at radius 1 is 1.37 bits per heavy atom. The van der Waals surface area contributed by atoms with Crippen molar-refractivity contribution in [1.82, 2.24) is 4.57 Å². The normalized spacial score (nSPS) is 22.2. The first-order chi connectivity index (χ1) is 8.97. The molecule has 0 aromatic carbocycles. The fraction of sp³-hybridized carbons (Fsp3) is 0.417. The van der Waals surface area contributed by atoms with Gasteiger partial charge >= 0.3 is 5.97 Å². The molecule has 7 heteroatoms. The predicted molar refractivity (Wildman–Crippen MR) is 65.8 cm³/mol. The van der Waals surface area contributed by atoms with Gasteiger partial charge < -0.3 is 19.7 Å². The zero-order valence-corrected chi connectivity index (χ0v) is 10.3. The Hall–Kier alpha value is -2.15. The van der Waals surface area contributed by atoms with Gasteiger partial charge in [0.05, 0.1) is 5.69 Å². The Bertz CT molecular complexity index is 565. The largest absolute Gasteiger partial charge is 0.479 e. The number of ether oxygens (including phenoxy) is 1. The van der Waals surface area contributed by atoms with E-state index in [2.05, 4.69) is 5.32 Å². The van der Waals surface area contributed by atoms with Crippen LogP contribution in [-0.4, -0.2) is 33.8 Å². The van der Waals surface area contributed by atoms with Gasteiger partial charge in [0.25, 0.3) is 5.91 Å². The molecular formula is C12H14N2O5. The van der Waals surface area contributed by atoms with Crippen molar-refractivity contribution in [2.24, 2.45) is 7.05 Å². The van der Waals surface area contributed by atoms with Crippen LogP contribution in [0.2, 0.25) is 0 Å². The summed E-state index contributed by atoms with van der Waals surface area (Å²) >= 11 is 0. The average Bonchev–Trinajstić information content (AvgIpc) is 2.83. The highest BCUT2D eigenvalue weighted by Gasteiger charge is 2.34. The highest BCUT2D eigenvalue weighted by molar-refractivity contribution is 5.94. The Balaban J connectivity index is 2.00. The number of hydrogen-bond acceptors (Lipinski definition) is 4. The quantitative estimate of drug-likeness (QED) is 0.799. The van der Waals surface area contributed by atoms with Gasteiger partial charge in [-0.05, 0) is 18.9 Å². The molecule has 0 bridgehead atoms. The van der Waals surface area contributed by atoms with E-state index in [1.165, 1.54) is 22.9 Å². The molecule has 1 amide bonds. The Morgan fingerprint density at radius 2 is 2.05 bits per heavy atom. The second-order valence-corrected chi connectivity index (χ2v) is 4.39. The van der Waals surface area contributed by atoms with E-state index in [0.29, 0.717) is 18.5 Å². The minimum Gasteiger partial charge on any atom is -0.479 e. The van der Waals surface area contributed by atoms with Crippen molar-refractivity contribution in [3.63, 3.8) is 0 Å². The third-order valence-corrected chi connectivity index (χ3v) is 2.94. The number of nitrogens with zero attached hydrogens (tertiary/aromatic N) is 1. The molecule has 102 valence electrons. The molecule has 2 heterocycles. The van der Waals surface area contributed by atoms with E-state index < -0.39 is 24.1 Å². The number of nitrogens with one attached hydrogen (secondary N) is 1. The van der Waals surface area contributed by atoms with Crippen LogP contribution < -0.4 is 10.9 Å². The van der Waals surface area contributed by atoms with Gasteiger partial charge in [0.2, 0.25) is 5.56 Å². The summed E-state index contributed by atoms with van der Waals surface area (Å²) in [5.41, 5.74) is 0.288. The van der Waals surface area contributed by atoms with Gasteiger partial charge in [0.15, 0.2) is 6.10 Å². The zero-order chi connectivity index (χ0) is 14.0. The van der Waals surface area contributed by atoms with Crippen LogP contribution in [0.1, 0.15) is 12.8 Å². The maximum absolute atomic E-state index is 11.9. The molecule has 2 rings (SSSR count). The van der Waals surface area contributed by atoms with Gasteiger partial charge in [0, 0.05) is 19.3 Å². The van der Waals surface area contributed by atoms with Gasteiger partial charge in [-0.3, -0.25) is 9.59 Å². The molecule has 1 fully saturated rings. The van der Waals surface area contributed by atoms with Gasteiger partial charge in [-0.15, -0.1) is 0 Å². The van der Waals surface area contributed by atoms with Crippen molar-refractivity contribution in [3.05, 3.63) is 28.7 Å². The van der Waals surface area contributed by atoms with E-state index in [-0.39, 0.29) is 5.56 Å². The van der Waals surface area contributed by atoms with E-state index in [0.717, 1.165) is 0 Å². The molecule has 0 radical (unpaired) electrons. The Kier molecular flexibility index (Phi) is 3.66. The minimum atomic E-state index is -1.06. The molecule has 19 heavy (non-hydrogen) atoms. The topological polar surface area (TPSA) is 97.6 Å². The van der Waals surface area contributed by atoms with Crippen molar-refractivity contribution in [3.8, 4) is 0 Å². The molecule has 2 N–H and O–H groups in total. The molecule has 0 aliphatic carbocycles. The Morgan fingerprint density at radius 3 is 2.63 bits per heavy atom. The maximum atomic E-state index is 11.9. The smallest absolute Gasteiger partial charge is 0.332 e. The average molecular weight is 266 g/mol. The van der Waals surface area contributed by atoms with E-state index in [1.54, 1.807) is 7.05 Å². The van der Waals surface area contributed by atoms with Crippen molar-refractivity contribution in [1.29, 1.82) is 0 Å². The highest BCUT2D eigenvalue weighted by atomic mass is 16.5. The molecule has 1 aromatic heterocycles. The van der Waals surface area contributed by atoms with Gasteiger partial charge in [-0.1, -0.05) is 0 Å². The van der Waals surface area contributed by atoms with Crippen molar-refractivity contribution < 1.29 is 19.4 Å². The fourth-order valence-electron chi connectivity index (χ4n) is 1.90. The number of rotatable bonds is 3. The van der Waals surface area contributed by atoms with Crippen LogP contribution in [0.3, 0.4) is 0 Å². The number of hydrogen-bond donors (Lipinski definition) is 2. The lowest BCUT2D eigenvalue weighted by molar-refractivity contribution is -0.150. The lowest BCUT2D eigenvalue weighted by atomic mass is 10.2. The van der Waals surface area contributed by atoms with Crippen LogP contribution in [0.15, 0.2) is 23.1 Å². The standard InChI is InChI=1S/C12H14N2O5/c1-14-6-7(2-5-10(14)15)13-11(16)8-3-4-9(19-8)12(17)18/h2,5-6,8-9H,3-4H2,1H3,(H,13,16)(H,17,18). The highest BCUT2D eigenvalue weighted by Crippen LogP contribution is 2.21. The van der Waals surface area contributed by atoms with E-state index in [9.17, 15) is 14.4 Å². The van der Waals surface area contributed by atoms with Crippen molar-refractivity contribution in [2.75, 3.05) is 5.32 Å². The van der Waals surface area contributed by atoms with E-state index in [1.807, 2.05) is 0 Å². The number of anilines is 1. The van der Waals surface area contributed by atoms with Crippen LogP contribution in [0.25, 0.3) is 0 Å². The molecular weight excluding hydrogens is 252 g/mol. The van der Waals surface area contributed by atoms with Gasteiger partial charge in [0.1, 0.15) is 6.10 Å². The number of carbonyl (C=O) groups is 2. The summed E-state index contributed by atoms with van der Waals surface area (Å²) in [5.74, 6) is -1.46. The monoisotopic (exact) mass is 266 g/mol. The predicted octanol–water partition coefficient (Wildman–Crippen LogP) is -0.0440. The van der Waals surface area contributed by atoms with Crippen LogP contribution in [-0.2, 0) is 21.4 Å². The third kappa shape index (κ3) is 3.00. The number of carboxylic acids is 1. The maximum Gasteiger partial charge on any atom is 0.332 e. The van der Waals surface area contributed by atoms with Crippen LogP contribution in [0.5, 0.6) is 0 Å². The first-order valence-corrected chi connectivity index (χ1v) is 5.83. The van der Waals surface area contributed by atoms with Crippen LogP contribution >= 0.6 is 0 Å². The van der Waals surface area contributed by atoms with Crippen LogP contribution in [0.4, 0.5) is 5.69 Å². The van der Waals surface area contributed by atoms with Gasteiger partial charge in [-0.25, -0.2) is 4.79 Å². The first kappa shape index (κ1) is 13.3. The van der Waals surface area contributed by atoms with E-state index >= 15 is 0 Å². The Labute approximate surface area is 108 Å². The first-order valence-electron chi connectivity index (χ1n) is 5.83. The molecule has 0 spiro atoms. The molecule has 2 unspecified atom stereocenters. The summed E-state index contributed by atoms with van der Waals surface area (Å²) in [6, 6.07) is 2.83. The number of carboxylic acid groups (broad SMARTS) is 1. The summed E-state index contributed by atoms with van der Waals surface area (Å²) in [5, 5.41) is 11.4. The summed E-state index contributed by atoms with van der Waals surface area (Å²) < 4.78 is 6.47. The second kappa shape index (κ2) is 5.23. The lowest BCUT2D eigenvalue weighted by Crippen LogP contribution is -2.30. The second-order valence-electron chi connectivity index (χ2n) is 4.39. The molecule has 0 saturated carbocycles. The minimum absolute atomic E-state index is 0.180. The number of aryl methyl sites for hydroxylation is 1. The van der Waals surface area contributed by atoms with Crippen molar-refractivity contribution >= 4 is 17.6 Å². The number of carbonyl (C=O) groups excluding carboxylic acids is 1. The molecule has 1 saturated heterocycles. The number of aliphatic carboxylic acids is 1. The summed E-state index contributed by atoms with van der Waals surface area (Å²) in [4.78, 5) is 33.8. The molecule has 1 aliphatic rings. The molecule has 1 aromatic rings. The molecule has 2 atom stereocenters. The fourth-order valence-corrected chi connectivity index (χ4v) is 1.90. The summed E-state index contributed by atoms with van der Waals surface area (Å²) in [6.07, 6.45) is 0.494. The number of pyridine rings is 1. The van der Waals surface area contributed by atoms with Crippen molar-refractivity contribution in [2.45, 2.75) is 25.0 Å². The molecule has 7 nitrogen and oxygen atoms in total. The summed E-state index contributed by atoms with van der Waals surface area (Å²) in [7, 11) is 1.57. The summed E-state index contributed by atoms with van der Waals surface area (Å²) in [6.45, 7) is 0. The van der Waals surface area contributed by atoms with Gasteiger partial charge in [-0.2, -0.15) is 0 Å². The lowest BCUT2D eigenvalue weighted by Gasteiger charge is -2.12. The third-order valence-electron chi connectivity index (χ3n) is 2.94. The van der Waals surface area contributed by atoms with E-state index in [4.69, 9.17) is 9.84 Å². The van der Waals surface area contributed by atoms with Crippen LogP contribution in [0, 0.1) is 0 Å². The number of aromatic nitrogens is 1. The zero-order valence-electron chi connectivity index (χ0n) is 10.3. The molecule has 1 aliphatic heterocycles.